The molecule has 56 heavy (non-hydrogen) atoms. The second kappa shape index (κ2) is 43.9. The zero-order chi connectivity index (χ0) is 41.0. The Labute approximate surface area is 346 Å². The second-order valence-corrected chi connectivity index (χ2v) is 16.1. The van der Waals surface area contributed by atoms with Gasteiger partial charge in [-0.3, -0.25) is 9.59 Å². The second-order valence-electron chi connectivity index (χ2n) is 16.1. The molecule has 0 aromatic carbocycles. The Hall–Kier alpha value is -2.18. The summed E-state index contributed by atoms with van der Waals surface area (Å²) < 4.78 is 5.89. The van der Waals surface area contributed by atoms with Crippen molar-refractivity contribution in [3.05, 3.63) is 48.6 Å². The number of nitrogens with one attached hydrogen (secondary N) is 1. The predicted molar refractivity (Wildman–Crippen MR) is 241 cm³/mol. The van der Waals surface area contributed by atoms with E-state index in [1.54, 1.807) is 0 Å². The zero-order valence-corrected chi connectivity index (χ0v) is 37.0. The number of hydrogen-bond acceptors (Lipinski definition) is 5. The molecule has 0 rings (SSSR count). The lowest BCUT2D eigenvalue weighted by Crippen LogP contribution is -2.46. The molecule has 0 saturated heterocycles. The molecule has 0 aromatic rings. The minimum atomic E-state index is -0.790. The topological polar surface area (TPSA) is 95.9 Å². The van der Waals surface area contributed by atoms with Crippen molar-refractivity contribution in [3.63, 3.8) is 0 Å². The summed E-state index contributed by atoms with van der Waals surface area (Å²) in [6.45, 7) is 6.34. The Morgan fingerprint density at radius 3 is 1.45 bits per heavy atom. The van der Waals surface area contributed by atoms with Gasteiger partial charge in [-0.15, -0.1) is 0 Å². The van der Waals surface area contributed by atoms with Crippen LogP contribution in [0.5, 0.6) is 0 Å². The fourth-order valence-electron chi connectivity index (χ4n) is 7.07. The lowest BCUT2D eigenvalue weighted by atomic mass is 10.0. The highest BCUT2D eigenvalue weighted by molar-refractivity contribution is 5.77. The van der Waals surface area contributed by atoms with Crippen LogP contribution in [0, 0.1) is 0 Å². The molecule has 0 fully saturated rings. The number of hydrogen-bond donors (Lipinski definition) is 3. The number of esters is 1. The van der Waals surface area contributed by atoms with E-state index in [9.17, 15) is 19.8 Å². The van der Waals surface area contributed by atoms with Crippen molar-refractivity contribution in [3.8, 4) is 0 Å². The molecule has 0 spiro atoms. The third-order valence-corrected chi connectivity index (χ3v) is 10.7. The molecule has 0 aliphatic rings. The average Bonchev–Trinajstić information content (AvgIpc) is 3.19. The van der Waals surface area contributed by atoms with E-state index in [1.807, 2.05) is 0 Å². The minimum absolute atomic E-state index is 0.0661. The average molecular weight is 786 g/mol. The fraction of sp³-hybridized carbons (Fsp3) is 0.800. The molecule has 0 aliphatic heterocycles. The Bertz CT molecular complexity index is 972. The maximum atomic E-state index is 13.1. The summed E-state index contributed by atoms with van der Waals surface area (Å²) in [5.41, 5.74) is 0. The fourth-order valence-corrected chi connectivity index (χ4v) is 7.07. The smallest absolute Gasteiger partial charge is 0.306 e. The van der Waals surface area contributed by atoms with E-state index in [4.69, 9.17) is 4.74 Å². The van der Waals surface area contributed by atoms with Crippen molar-refractivity contribution in [1.82, 2.24) is 5.32 Å². The highest BCUT2D eigenvalue weighted by Gasteiger charge is 2.24. The number of allylic oxidation sites excluding steroid dienone is 8. The summed E-state index contributed by atoms with van der Waals surface area (Å²) >= 11 is 0. The monoisotopic (exact) mass is 786 g/mol. The summed E-state index contributed by atoms with van der Waals surface area (Å²) in [4.78, 5) is 26.0. The van der Waals surface area contributed by atoms with Gasteiger partial charge in [0, 0.05) is 6.42 Å². The van der Waals surface area contributed by atoms with Crippen LogP contribution in [-0.4, -0.2) is 46.9 Å². The van der Waals surface area contributed by atoms with Crippen LogP contribution < -0.4 is 5.32 Å². The minimum Gasteiger partial charge on any atom is -0.462 e. The van der Waals surface area contributed by atoms with Gasteiger partial charge in [0.1, 0.15) is 6.10 Å². The van der Waals surface area contributed by atoms with E-state index in [0.29, 0.717) is 19.3 Å². The van der Waals surface area contributed by atoms with Gasteiger partial charge in [-0.05, 0) is 64.2 Å². The number of carbonyl (C=O) groups is 2. The predicted octanol–water partition coefficient (Wildman–Crippen LogP) is 13.9. The molecular formula is C50H91NO5. The maximum Gasteiger partial charge on any atom is 0.306 e. The molecule has 6 heteroatoms. The van der Waals surface area contributed by atoms with Crippen LogP contribution in [0.25, 0.3) is 0 Å². The van der Waals surface area contributed by atoms with Crippen LogP contribution >= 0.6 is 0 Å². The van der Waals surface area contributed by atoms with Gasteiger partial charge in [-0.25, -0.2) is 0 Å². The maximum absolute atomic E-state index is 13.1. The molecule has 3 unspecified atom stereocenters. The van der Waals surface area contributed by atoms with Crippen molar-refractivity contribution in [2.75, 3.05) is 6.61 Å². The van der Waals surface area contributed by atoms with Crippen LogP contribution in [-0.2, 0) is 14.3 Å². The number of rotatable bonds is 42. The Kier molecular flexibility index (Phi) is 42.2. The van der Waals surface area contributed by atoms with Crippen LogP contribution in [0.4, 0.5) is 0 Å². The summed E-state index contributed by atoms with van der Waals surface area (Å²) in [7, 11) is 0. The molecule has 0 radical (unpaired) electrons. The lowest BCUT2D eigenvalue weighted by molar-refractivity contribution is -0.151. The molecule has 0 heterocycles. The van der Waals surface area contributed by atoms with Crippen molar-refractivity contribution in [2.24, 2.45) is 0 Å². The van der Waals surface area contributed by atoms with Gasteiger partial charge in [0.15, 0.2) is 0 Å². The number of aliphatic hydroxyl groups excluding tert-OH is 2. The third-order valence-electron chi connectivity index (χ3n) is 10.7. The number of amides is 1. The molecule has 0 bridgehead atoms. The Morgan fingerprint density at radius 2 is 0.964 bits per heavy atom. The zero-order valence-electron chi connectivity index (χ0n) is 37.0. The summed E-state index contributed by atoms with van der Waals surface area (Å²) in [6.07, 6.45) is 51.7. The first-order chi connectivity index (χ1) is 27.5. The van der Waals surface area contributed by atoms with E-state index >= 15 is 0 Å². The SMILES string of the molecule is CC/C=C/C/C=C/C/C=C/C/C=C/CCCCCC(=O)OC(CCCCCCCCCCCC)CC(=O)NC(CO)C(O)CCCCCCCCCCCCC. The van der Waals surface area contributed by atoms with Gasteiger partial charge in [0.05, 0.1) is 25.2 Å². The summed E-state index contributed by atoms with van der Waals surface area (Å²) in [6, 6.07) is -0.704. The van der Waals surface area contributed by atoms with Crippen LogP contribution in [0.15, 0.2) is 48.6 Å². The van der Waals surface area contributed by atoms with E-state index in [-0.39, 0.29) is 24.9 Å². The molecule has 0 saturated carbocycles. The van der Waals surface area contributed by atoms with Gasteiger partial charge in [-0.1, -0.05) is 204 Å². The quantitative estimate of drug-likeness (QED) is 0.0325. The Morgan fingerprint density at radius 1 is 0.536 bits per heavy atom. The van der Waals surface area contributed by atoms with E-state index in [0.717, 1.165) is 89.9 Å². The number of carbonyl (C=O) groups excluding carboxylic acids is 2. The van der Waals surface area contributed by atoms with Crippen LogP contribution in [0.3, 0.4) is 0 Å². The molecule has 326 valence electrons. The van der Waals surface area contributed by atoms with E-state index < -0.39 is 18.2 Å². The van der Waals surface area contributed by atoms with Gasteiger partial charge in [0.2, 0.25) is 5.91 Å². The largest absolute Gasteiger partial charge is 0.462 e. The van der Waals surface area contributed by atoms with Gasteiger partial charge in [0.25, 0.3) is 0 Å². The highest BCUT2D eigenvalue weighted by atomic mass is 16.5. The van der Waals surface area contributed by atoms with Crippen LogP contribution in [0.1, 0.15) is 233 Å². The van der Waals surface area contributed by atoms with Crippen molar-refractivity contribution >= 4 is 11.9 Å². The van der Waals surface area contributed by atoms with Gasteiger partial charge >= 0.3 is 5.97 Å². The van der Waals surface area contributed by atoms with Crippen molar-refractivity contribution < 1.29 is 24.5 Å². The van der Waals surface area contributed by atoms with Crippen LogP contribution in [0.2, 0.25) is 0 Å². The Balaban J connectivity index is 4.59. The molecule has 0 aliphatic carbocycles. The molecule has 1 amide bonds. The number of unbranched alkanes of at least 4 members (excludes halogenated alkanes) is 22. The van der Waals surface area contributed by atoms with Gasteiger partial charge < -0.3 is 20.3 Å². The lowest BCUT2D eigenvalue weighted by Gasteiger charge is -2.24. The van der Waals surface area contributed by atoms with Crippen molar-refractivity contribution in [2.45, 2.75) is 251 Å². The van der Waals surface area contributed by atoms with Crippen molar-refractivity contribution in [1.29, 1.82) is 0 Å². The summed E-state index contributed by atoms with van der Waals surface area (Å²) in [5.74, 6) is -0.508. The third kappa shape index (κ3) is 38.7. The summed E-state index contributed by atoms with van der Waals surface area (Å²) in [5, 5.41) is 23.6. The number of aliphatic hydroxyl groups is 2. The first-order valence-corrected chi connectivity index (χ1v) is 23.9. The molecule has 3 atom stereocenters. The normalized spacial score (nSPS) is 13.7. The highest BCUT2D eigenvalue weighted by Crippen LogP contribution is 2.17. The molecule has 0 aromatic heterocycles. The molecule has 6 nitrogen and oxygen atoms in total. The first-order valence-electron chi connectivity index (χ1n) is 23.9. The first kappa shape index (κ1) is 53.8. The molecular weight excluding hydrogens is 695 g/mol. The standard InChI is InChI=1S/C50H91NO5/c1-4-7-10-13-16-19-22-23-24-25-26-28-31-34-37-40-43-50(55)56-46(41-38-35-32-29-21-18-15-12-9-6-3)44-49(54)51-47(45-52)48(53)42-39-36-33-30-27-20-17-14-11-8-5-2/h7,10,16,19,23-24,26,28,46-48,52-53H,4-6,8-9,11-15,17-18,20-22,25,27,29-45H2,1-3H3,(H,51,54)/b10-7+,19-16+,24-23+,28-26+. The molecule has 3 N–H and O–H groups in total. The van der Waals surface area contributed by atoms with Gasteiger partial charge in [-0.2, -0.15) is 0 Å². The number of ether oxygens (including phenoxy) is 1. The van der Waals surface area contributed by atoms with E-state index in [1.165, 1.54) is 96.3 Å². The van der Waals surface area contributed by atoms with E-state index in [2.05, 4.69) is 74.7 Å².